The summed E-state index contributed by atoms with van der Waals surface area (Å²) >= 11 is 0. The van der Waals surface area contributed by atoms with Gasteiger partial charge in [-0.3, -0.25) is 0 Å². The van der Waals surface area contributed by atoms with Gasteiger partial charge in [0.05, 0.1) is 0 Å². The lowest BCUT2D eigenvalue weighted by Gasteiger charge is -2.20. The van der Waals surface area contributed by atoms with Crippen molar-refractivity contribution in [3.8, 4) is 33.8 Å². The summed E-state index contributed by atoms with van der Waals surface area (Å²) in [5.41, 5.74) is 8.40. The van der Waals surface area contributed by atoms with Crippen molar-refractivity contribution in [1.29, 1.82) is 0 Å². The number of hydrogen-bond donors (Lipinski definition) is 2. The van der Waals surface area contributed by atoms with Gasteiger partial charge in [0.25, 0.3) is 0 Å². The van der Waals surface area contributed by atoms with Gasteiger partial charge in [0.2, 0.25) is 0 Å². The van der Waals surface area contributed by atoms with E-state index in [2.05, 4.69) is 79.4 Å². The van der Waals surface area contributed by atoms with Crippen LogP contribution in [0.3, 0.4) is 0 Å². The molecule has 37 heavy (non-hydrogen) atoms. The summed E-state index contributed by atoms with van der Waals surface area (Å²) in [6, 6.07) is 15.0. The topological polar surface area (TPSA) is 40.5 Å². The molecular weight excluding hydrogens is 471 g/mol. The molecule has 0 bridgehead atoms. The zero-order valence-electron chi connectivity index (χ0n) is 23.5. The van der Waals surface area contributed by atoms with Crippen molar-refractivity contribution in [2.75, 3.05) is 0 Å². The molecule has 0 aliphatic carbocycles. The fourth-order valence-corrected chi connectivity index (χ4v) is 5.60. The maximum absolute atomic E-state index is 11.6. The van der Waals surface area contributed by atoms with Gasteiger partial charge in [-0.2, -0.15) is 0 Å². The summed E-state index contributed by atoms with van der Waals surface area (Å²) in [6.07, 6.45) is 12.6. The lowest BCUT2D eigenvalue weighted by atomic mass is 9.87. The minimum absolute atomic E-state index is 0.387. The standard InChI is InChI=1S/C34H47O2P/c1-5-9-14-24-20-26(16-11-7-3)33(35)29(22-24)28-18-13-19-31(37)32(28)30-23-25(15-10-6-2)21-27(34(30)36)17-12-8-4/h13,18-23,35-36H,5-12,14-17,37H2,1-4H3. The second kappa shape index (κ2) is 14.6. The lowest BCUT2D eigenvalue weighted by molar-refractivity contribution is 0.467. The third-order valence-corrected chi connectivity index (χ3v) is 7.87. The van der Waals surface area contributed by atoms with Gasteiger partial charge in [-0.25, -0.2) is 0 Å². The molecule has 3 heteroatoms. The van der Waals surface area contributed by atoms with Crippen LogP contribution >= 0.6 is 9.24 Å². The van der Waals surface area contributed by atoms with E-state index in [1.807, 2.05) is 0 Å². The maximum atomic E-state index is 11.6. The highest BCUT2D eigenvalue weighted by Crippen LogP contribution is 2.43. The Morgan fingerprint density at radius 3 is 1.54 bits per heavy atom. The first-order valence-corrected chi connectivity index (χ1v) is 15.1. The number of phenols is 2. The molecule has 0 aliphatic rings. The van der Waals surface area contributed by atoms with Crippen LogP contribution in [0.25, 0.3) is 22.3 Å². The van der Waals surface area contributed by atoms with Crippen LogP contribution in [0.2, 0.25) is 0 Å². The third-order valence-electron chi connectivity index (χ3n) is 7.39. The van der Waals surface area contributed by atoms with Crippen LogP contribution in [0.15, 0.2) is 42.5 Å². The largest absolute Gasteiger partial charge is 0.507 e. The Hall–Kier alpha value is -2.31. The molecule has 0 fully saturated rings. The van der Waals surface area contributed by atoms with E-state index in [9.17, 15) is 10.2 Å². The van der Waals surface area contributed by atoms with E-state index < -0.39 is 0 Å². The highest BCUT2D eigenvalue weighted by Gasteiger charge is 2.21. The molecule has 200 valence electrons. The van der Waals surface area contributed by atoms with Crippen molar-refractivity contribution >= 4 is 14.5 Å². The molecule has 3 rings (SSSR count). The fraction of sp³-hybridized carbons (Fsp3) is 0.471. The van der Waals surface area contributed by atoms with E-state index in [1.54, 1.807) is 0 Å². The van der Waals surface area contributed by atoms with Gasteiger partial charge in [0, 0.05) is 16.7 Å². The summed E-state index contributed by atoms with van der Waals surface area (Å²) in [6.45, 7) is 8.83. The first-order chi connectivity index (χ1) is 17.9. The smallest absolute Gasteiger partial charge is 0.126 e. The Labute approximate surface area is 227 Å². The quantitative estimate of drug-likeness (QED) is 0.209. The molecule has 3 aromatic rings. The summed E-state index contributed by atoms with van der Waals surface area (Å²) in [4.78, 5) is 0. The molecule has 2 nitrogen and oxygen atoms in total. The van der Waals surface area contributed by atoms with Crippen LogP contribution in [-0.4, -0.2) is 10.2 Å². The van der Waals surface area contributed by atoms with Gasteiger partial charge in [-0.15, -0.1) is 9.24 Å². The van der Waals surface area contributed by atoms with E-state index >= 15 is 0 Å². The molecule has 0 saturated carbocycles. The van der Waals surface area contributed by atoms with Crippen molar-refractivity contribution in [2.45, 2.75) is 105 Å². The number of aryl methyl sites for hydroxylation is 4. The molecular formula is C34H47O2P. The Morgan fingerprint density at radius 1 is 0.568 bits per heavy atom. The van der Waals surface area contributed by atoms with Crippen LogP contribution in [0.5, 0.6) is 11.5 Å². The minimum atomic E-state index is 0.387. The fourth-order valence-electron chi connectivity index (χ4n) is 5.18. The second-order valence-corrected chi connectivity index (χ2v) is 11.1. The van der Waals surface area contributed by atoms with Crippen LogP contribution in [-0.2, 0) is 25.7 Å². The molecule has 1 atom stereocenters. The number of phenolic OH excluding ortho intramolecular Hbond substituents is 2. The summed E-state index contributed by atoms with van der Waals surface area (Å²) in [5, 5.41) is 24.1. The van der Waals surface area contributed by atoms with Crippen molar-refractivity contribution in [1.82, 2.24) is 0 Å². The maximum Gasteiger partial charge on any atom is 0.126 e. The van der Waals surface area contributed by atoms with Gasteiger partial charge in [0.15, 0.2) is 0 Å². The normalized spacial score (nSPS) is 11.3. The minimum Gasteiger partial charge on any atom is -0.507 e. The predicted octanol–water partition coefficient (Wildman–Crippen LogP) is 9.30. The van der Waals surface area contributed by atoms with E-state index in [0.717, 1.165) is 116 Å². The van der Waals surface area contributed by atoms with Crippen LogP contribution in [0, 0.1) is 0 Å². The van der Waals surface area contributed by atoms with Gasteiger partial charge in [0.1, 0.15) is 11.5 Å². The summed E-state index contributed by atoms with van der Waals surface area (Å²) in [7, 11) is 2.88. The third kappa shape index (κ3) is 7.38. The van der Waals surface area contributed by atoms with Gasteiger partial charge in [-0.1, -0.05) is 83.7 Å². The summed E-state index contributed by atoms with van der Waals surface area (Å²) in [5.74, 6) is 0.774. The van der Waals surface area contributed by atoms with Gasteiger partial charge in [-0.05, 0) is 96.6 Å². The first-order valence-electron chi connectivity index (χ1n) is 14.5. The number of rotatable bonds is 14. The molecule has 0 amide bonds. The zero-order chi connectivity index (χ0) is 26.8. The molecule has 2 N–H and O–H groups in total. The first kappa shape index (κ1) is 29.2. The van der Waals surface area contributed by atoms with Crippen molar-refractivity contribution in [3.05, 3.63) is 64.7 Å². The number of unbranched alkanes of at least 4 members (excludes halogenated alkanes) is 4. The van der Waals surface area contributed by atoms with E-state index in [-0.39, 0.29) is 0 Å². The van der Waals surface area contributed by atoms with Crippen molar-refractivity contribution in [3.63, 3.8) is 0 Å². The number of benzene rings is 3. The molecule has 1 unspecified atom stereocenters. The van der Waals surface area contributed by atoms with Crippen LogP contribution < -0.4 is 5.30 Å². The Balaban J connectivity index is 2.26. The zero-order valence-corrected chi connectivity index (χ0v) is 24.7. The van der Waals surface area contributed by atoms with E-state index in [4.69, 9.17) is 0 Å². The molecule has 0 saturated heterocycles. The van der Waals surface area contributed by atoms with E-state index in [0.29, 0.717) is 11.5 Å². The summed E-state index contributed by atoms with van der Waals surface area (Å²) < 4.78 is 0. The average Bonchev–Trinajstić information content (AvgIpc) is 2.90. The second-order valence-electron chi connectivity index (χ2n) is 10.5. The predicted molar refractivity (Wildman–Crippen MR) is 164 cm³/mol. The molecule has 0 heterocycles. The average molecular weight is 519 g/mol. The molecule has 0 spiro atoms. The monoisotopic (exact) mass is 518 g/mol. The Kier molecular flexibility index (Phi) is 11.5. The highest BCUT2D eigenvalue weighted by atomic mass is 31.0. The van der Waals surface area contributed by atoms with Crippen molar-refractivity contribution < 1.29 is 10.2 Å². The van der Waals surface area contributed by atoms with Crippen LogP contribution in [0.1, 0.15) is 101 Å². The molecule has 0 aromatic heterocycles. The van der Waals surface area contributed by atoms with Crippen molar-refractivity contribution in [2.24, 2.45) is 0 Å². The number of aromatic hydroxyl groups is 2. The Bertz CT molecular complexity index is 1160. The SMILES string of the molecule is CCCCc1cc(CCCC)c(O)c(-c2cccc(P)c2-c2cc(CCCC)cc(CCCC)c2O)c1. The molecule has 0 aliphatic heterocycles. The van der Waals surface area contributed by atoms with E-state index in [1.165, 1.54) is 11.1 Å². The molecule has 0 radical (unpaired) electrons. The highest BCUT2D eigenvalue weighted by molar-refractivity contribution is 7.28. The van der Waals surface area contributed by atoms with Crippen LogP contribution in [0.4, 0.5) is 0 Å². The van der Waals surface area contributed by atoms with Gasteiger partial charge >= 0.3 is 0 Å². The molecule has 3 aromatic carbocycles. The Morgan fingerprint density at radius 2 is 1.03 bits per heavy atom. The van der Waals surface area contributed by atoms with Gasteiger partial charge < -0.3 is 10.2 Å². The lowest BCUT2D eigenvalue weighted by Crippen LogP contribution is -2.03. The number of hydrogen-bond acceptors (Lipinski definition) is 2.